The topological polar surface area (TPSA) is 74.8 Å². The van der Waals surface area contributed by atoms with Gasteiger partial charge < -0.3 is 4.74 Å². The highest BCUT2D eigenvalue weighted by Gasteiger charge is 2.18. The first-order chi connectivity index (χ1) is 14.6. The van der Waals surface area contributed by atoms with Crippen molar-refractivity contribution in [3.05, 3.63) is 77.2 Å². The van der Waals surface area contributed by atoms with Crippen LogP contribution < -0.4 is 10.4 Å². The van der Waals surface area contributed by atoms with Crippen molar-refractivity contribution in [2.45, 2.75) is 6.92 Å². The van der Waals surface area contributed by atoms with E-state index in [4.69, 9.17) is 4.74 Å². The fourth-order valence-corrected chi connectivity index (χ4v) is 3.76. The lowest BCUT2D eigenvalue weighted by Crippen LogP contribution is -2.21. The van der Waals surface area contributed by atoms with Crippen molar-refractivity contribution in [1.29, 1.82) is 0 Å². The number of aromatic nitrogens is 5. The van der Waals surface area contributed by atoms with Gasteiger partial charge >= 0.3 is 5.69 Å². The van der Waals surface area contributed by atoms with Crippen LogP contribution in [0, 0.1) is 6.92 Å². The highest BCUT2D eigenvalue weighted by Crippen LogP contribution is 2.30. The molecule has 4 heterocycles. The lowest BCUT2D eigenvalue weighted by molar-refractivity contribution is 0.398. The lowest BCUT2D eigenvalue weighted by atomic mass is 10.0. The molecule has 4 aromatic heterocycles. The van der Waals surface area contributed by atoms with Crippen molar-refractivity contribution >= 4 is 21.9 Å². The minimum atomic E-state index is -0.132. The van der Waals surface area contributed by atoms with Gasteiger partial charge in [-0.2, -0.15) is 0 Å². The van der Waals surface area contributed by atoms with Gasteiger partial charge in [0.05, 0.1) is 41.7 Å². The molecule has 0 aliphatic heterocycles. The molecule has 0 amide bonds. The maximum atomic E-state index is 13.2. The van der Waals surface area contributed by atoms with Crippen LogP contribution in [0.3, 0.4) is 0 Å². The summed E-state index contributed by atoms with van der Waals surface area (Å²) in [6, 6.07) is 11.7. The van der Waals surface area contributed by atoms with E-state index in [1.807, 2.05) is 37.3 Å². The maximum Gasteiger partial charge on any atom is 0.333 e. The van der Waals surface area contributed by atoms with Crippen LogP contribution in [0.15, 0.2) is 66.0 Å². The number of ether oxygens (including phenoxy) is 1. The first-order valence-corrected chi connectivity index (χ1v) is 9.50. The minimum Gasteiger partial charge on any atom is -0.481 e. The van der Waals surface area contributed by atoms with Gasteiger partial charge in [-0.05, 0) is 42.3 Å². The predicted molar refractivity (Wildman–Crippen MR) is 116 cm³/mol. The number of hydrogen-bond donors (Lipinski definition) is 0. The van der Waals surface area contributed by atoms with Crippen molar-refractivity contribution in [2.24, 2.45) is 7.05 Å². The largest absolute Gasteiger partial charge is 0.481 e. The monoisotopic (exact) mass is 397 g/mol. The summed E-state index contributed by atoms with van der Waals surface area (Å²) in [6.07, 6.45) is 6.97. The Kier molecular flexibility index (Phi) is 4.10. The van der Waals surface area contributed by atoms with Gasteiger partial charge in [0.15, 0.2) is 0 Å². The minimum absolute atomic E-state index is 0.132. The first-order valence-electron chi connectivity index (χ1n) is 9.50. The van der Waals surface area contributed by atoms with Crippen LogP contribution in [0.5, 0.6) is 5.88 Å². The molecule has 0 N–H and O–H groups in total. The second kappa shape index (κ2) is 6.81. The fourth-order valence-electron chi connectivity index (χ4n) is 3.76. The number of pyridine rings is 3. The van der Waals surface area contributed by atoms with Crippen molar-refractivity contribution in [1.82, 2.24) is 24.1 Å². The number of imidazole rings is 1. The standard InChI is InChI=1S/C23H19N5O2/c1-14-8-9-24-12-19(14)28-22-17-10-15(16-5-7-21(30-3)26-11-16)4-6-18(17)25-13-20(22)27(2)23(28)29/h4-13H,1-3H3. The molecular formula is C23H19N5O2. The molecule has 0 atom stereocenters. The molecule has 1 aromatic carbocycles. The molecule has 0 unspecified atom stereocenters. The summed E-state index contributed by atoms with van der Waals surface area (Å²) in [5.41, 5.74) is 5.93. The third kappa shape index (κ3) is 2.67. The lowest BCUT2D eigenvalue weighted by Gasteiger charge is -2.09. The van der Waals surface area contributed by atoms with Crippen LogP contribution in [0.2, 0.25) is 0 Å². The maximum absolute atomic E-state index is 13.2. The predicted octanol–water partition coefficient (Wildman–Crippen LogP) is 3.65. The number of aryl methyl sites for hydroxylation is 2. The van der Waals surface area contributed by atoms with E-state index in [0.717, 1.165) is 44.3 Å². The highest BCUT2D eigenvalue weighted by atomic mass is 16.5. The molecule has 5 aromatic rings. The van der Waals surface area contributed by atoms with Gasteiger partial charge in [0.1, 0.15) is 0 Å². The van der Waals surface area contributed by atoms with Gasteiger partial charge in [-0.3, -0.25) is 19.1 Å². The van der Waals surface area contributed by atoms with Crippen LogP contribution in [0.1, 0.15) is 5.56 Å². The van der Waals surface area contributed by atoms with Gasteiger partial charge in [0.25, 0.3) is 0 Å². The summed E-state index contributed by atoms with van der Waals surface area (Å²) in [7, 11) is 3.35. The van der Waals surface area contributed by atoms with Gasteiger partial charge in [-0.15, -0.1) is 0 Å². The van der Waals surface area contributed by atoms with Crippen molar-refractivity contribution in [2.75, 3.05) is 7.11 Å². The van der Waals surface area contributed by atoms with Crippen LogP contribution in [0.25, 0.3) is 38.8 Å². The zero-order valence-electron chi connectivity index (χ0n) is 16.8. The zero-order chi connectivity index (χ0) is 20.8. The third-order valence-corrected chi connectivity index (χ3v) is 5.41. The second-order valence-corrected chi connectivity index (χ2v) is 7.15. The number of fused-ring (bicyclic) bond motifs is 3. The Labute approximate surface area is 172 Å². The van der Waals surface area contributed by atoms with Gasteiger partial charge in [0.2, 0.25) is 5.88 Å². The van der Waals surface area contributed by atoms with Crippen molar-refractivity contribution in [3.8, 4) is 22.7 Å². The van der Waals surface area contributed by atoms with Crippen molar-refractivity contribution < 1.29 is 4.74 Å². The Morgan fingerprint density at radius 2 is 1.80 bits per heavy atom. The molecule has 0 aliphatic carbocycles. The van der Waals surface area contributed by atoms with E-state index < -0.39 is 0 Å². The van der Waals surface area contributed by atoms with E-state index in [9.17, 15) is 4.79 Å². The van der Waals surface area contributed by atoms with Crippen LogP contribution in [0.4, 0.5) is 0 Å². The zero-order valence-corrected chi connectivity index (χ0v) is 16.8. The summed E-state index contributed by atoms with van der Waals surface area (Å²) >= 11 is 0. The number of nitrogens with zero attached hydrogens (tertiary/aromatic N) is 5. The fraction of sp³-hybridized carbons (Fsp3) is 0.130. The molecule has 0 aliphatic rings. The Balaban J connectivity index is 1.85. The average molecular weight is 397 g/mol. The molecule has 0 radical (unpaired) electrons. The third-order valence-electron chi connectivity index (χ3n) is 5.41. The number of rotatable bonds is 3. The molecule has 5 rings (SSSR count). The molecule has 0 spiro atoms. The number of benzene rings is 1. The molecule has 0 bridgehead atoms. The van der Waals surface area contributed by atoms with Crippen LogP contribution in [-0.4, -0.2) is 31.2 Å². The highest BCUT2D eigenvalue weighted by molar-refractivity contribution is 6.04. The van der Waals surface area contributed by atoms with Crippen LogP contribution in [-0.2, 0) is 7.05 Å². The summed E-state index contributed by atoms with van der Waals surface area (Å²) in [4.78, 5) is 26.3. The molecule has 148 valence electrons. The van der Waals surface area contributed by atoms with E-state index in [0.29, 0.717) is 5.88 Å². The Bertz CT molecular complexity index is 1470. The Morgan fingerprint density at radius 1 is 0.967 bits per heavy atom. The molecule has 0 saturated heterocycles. The Morgan fingerprint density at radius 3 is 2.53 bits per heavy atom. The SMILES string of the molecule is COc1ccc(-c2ccc3ncc4c(c3c2)n(-c2cnccc2C)c(=O)n4C)cn1. The molecular weight excluding hydrogens is 378 g/mol. The first kappa shape index (κ1) is 18.1. The second-order valence-electron chi connectivity index (χ2n) is 7.15. The van der Waals surface area contributed by atoms with Gasteiger partial charge in [0, 0.05) is 36.5 Å². The molecule has 0 saturated carbocycles. The number of methoxy groups -OCH3 is 1. The van der Waals surface area contributed by atoms with Gasteiger partial charge in [-0.25, -0.2) is 9.78 Å². The average Bonchev–Trinajstić information content (AvgIpc) is 3.04. The molecule has 30 heavy (non-hydrogen) atoms. The molecule has 0 fully saturated rings. The Hall–Kier alpha value is -4.00. The summed E-state index contributed by atoms with van der Waals surface area (Å²) in [6.45, 7) is 1.97. The van der Waals surface area contributed by atoms with Crippen LogP contribution >= 0.6 is 0 Å². The summed E-state index contributed by atoms with van der Waals surface area (Å²) < 4.78 is 8.50. The quantitative estimate of drug-likeness (QED) is 0.465. The molecule has 7 nitrogen and oxygen atoms in total. The molecule has 7 heteroatoms. The summed E-state index contributed by atoms with van der Waals surface area (Å²) in [5.74, 6) is 0.563. The van der Waals surface area contributed by atoms with E-state index in [1.165, 1.54) is 0 Å². The smallest absolute Gasteiger partial charge is 0.333 e. The van der Waals surface area contributed by atoms with E-state index in [2.05, 4.69) is 21.0 Å². The number of hydrogen-bond acceptors (Lipinski definition) is 5. The van der Waals surface area contributed by atoms with Gasteiger partial charge in [-0.1, -0.05) is 6.07 Å². The van der Waals surface area contributed by atoms with E-state index in [-0.39, 0.29) is 5.69 Å². The summed E-state index contributed by atoms with van der Waals surface area (Å²) in [5, 5.41) is 0.891. The normalized spacial score (nSPS) is 11.3. The van der Waals surface area contributed by atoms with E-state index in [1.54, 1.807) is 48.1 Å². The van der Waals surface area contributed by atoms with Crippen molar-refractivity contribution in [3.63, 3.8) is 0 Å². The van der Waals surface area contributed by atoms with E-state index >= 15 is 0 Å².